The summed E-state index contributed by atoms with van der Waals surface area (Å²) in [5.41, 5.74) is 1.50. The van der Waals surface area contributed by atoms with E-state index in [0.717, 1.165) is 4.90 Å². The predicted octanol–water partition coefficient (Wildman–Crippen LogP) is 3.09. The van der Waals surface area contributed by atoms with Crippen molar-refractivity contribution in [3.8, 4) is 11.5 Å². The number of rotatable bonds is 3. The molecule has 0 aromatic heterocycles. The maximum absolute atomic E-state index is 12.4. The van der Waals surface area contributed by atoms with Crippen molar-refractivity contribution in [1.29, 1.82) is 0 Å². The minimum absolute atomic E-state index is 0.0570. The van der Waals surface area contributed by atoms with Crippen molar-refractivity contribution >= 4 is 35.0 Å². The standard InChI is InChI=1S/C17H16N2O4S/c1-9-16(21)19-12-7-10(3-6-15(12)24-9)17(22)18-11-4-5-14(23-2)13(20)8-11/h3-9,20H,1-2H3,(H,18,22)(H,19,21)/t9-/m0/s1. The van der Waals surface area contributed by atoms with Crippen LogP contribution in [-0.4, -0.2) is 29.3 Å². The number of carbonyl (C=O) groups is 2. The first-order chi connectivity index (χ1) is 11.5. The van der Waals surface area contributed by atoms with Crippen LogP contribution in [0.15, 0.2) is 41.3 Å². The molecular formula is C17H16N2O4S. The van der Waals surface area contributed by atoms with Crippen molar-refractivity contribution in [2.75, 3.05) is 17.7 Å². The van der Waals surface area contributed by atoms with Crippen molar-refractivity contribution in [1.82, 2.24) is 0 Å². The first-order valence-corrected chi connectivity index (χ1v) is 8.16. The minimum Gasteiger partial charge on any atom is -0.504 e. The van der Waals surface area contributed by atoms with Crippen molar-refractivity contribution in [3.05, 3.63) is 42.0 Å². The third-order valence-electron chi connectivity index (χ3n) is 3.61. The lowest BCUT2D eigenvalue weighted by molar-refractivity contribution is -0.115. The van der Waals surface area contributed by atoms with E-state index < -0.39 is 0 Å². The molecule has 0 unspecified atom stereocenters. The van der Waals surface area contributed by atoms with E-state index >= 15 is 0 Å². The first kappa shape index (κ1) is 16.2. The number of nitrogens with one attached hydrogen (secondary N) is 2. The molecule has 0 aliphatic carbocycles. The molecule has 2 amide bonds. The topological polar surface area (TPSA) is 87.7 Å². The van der Waals surface area contributed by atoms with E-state index in [1.165, 1.54) is 24.9 Å². The number of phenols is 1. The zero-order valence-electron chi connectivity index (χ0n) is 13.1. The van der Waals surface area contributed by atoms with E-state index in [9.17, 15) is 14.7 Å². The average Bonchev–Trinajstić information content (AvgIpc) is 2.55. The number of fused-ring (bicyclic) bond motifs is 1. The molecule has 3 rings (SSSR count). The van der Waals surface area contributed by atoms with Crippen molar-refractivity contribution in [2.24, 2.45) is 0 Å². The summed E-state index contributed by atoms with van der Waals surface area (Å²) in [5.74, 6) is -0.139. The van der Waals surface area contributed by atoms with Crippen LogP contribution >= 0.6 is 11.8 Å². The van der Waals surface area contributed by atoms with Crippen molar-refractivity contribution < 1.29 is 19.4 Å². The molecule has 2 aromatic rings. The summed E-state index contributed by atoms with van der Waals surface area (Å²) < 4.78 is 4.97. The minimum atomic E-state index is -0.333. The van der Waals surface area contributed by atoms with Gasteiger partial charge in [0, 0.05) is 22.2 Å². The number of amides is 2. The van der Waals surface area contributed by atoms with Crippen LogP contribution in [0.25, 0.3) is 0 Å². The lowest BCUT2D eigenvalue weighted by Crippen LogP contribution is -2.26. The van der Waals surface area contributed by atoms with Gasteiger partial charge in [0.05, 0.1) is 18.0 Å². The smallest absolute Gasteiger partial charge is 0.255 e. The molecule has 124 valence electrons. The van der Waals surface area contributed by atoms with Crippen LogP contribution in [0.5, 0.6) is 11.5 Å². The fourth-order valence-electron chi connectivity index (χ4n) is 2.32. The van der Waals surface area contributed by atoms with Crippen LogP contribution in [0, 0.1) is 0 Å². The van der Waals surface area contributed by atoms with Gasteiger partial charge in [-0.05, 0) is 37.3 Å². The number of phenolic OH excluding ortho intramolecular Hbond substituents is 1. The number of aromatic hydroxyl groups is 1. The number of carbonyl (C=O) groups excluding carboxylic acids is 2. The number of anilines is 2. The summed E-state index contributed by atoms with van der Waals surface area (Å²) in [5, 5.41) is 15.1. The number of hydrogen-bond acceptors (Lipinski definition) is 5. The molecule has 0 saturated heterocycles. The number of methoxy groups -OCH3 is 1. The number of ether oxygens (including phenoxy) is 1. The molecule has 7 heteroatoms. The summed E-state index contributed by atoms with van der Waals surface area (Å²) in [6, 6.07) is 9.77. The molecule has 3 N–H and O–H groups in total. The maximum Gasteiger partial charge on any atom is 0.255 e. The van der Waals surface area contributed by atoms with Crippen LogP contribution in [0.1, 0.15) is 17.3 Å². The molecule has 1 aliphatic heterocycles. The van der Waals surface area contributed by atoms with Gasteiger partial charge in [0.15, 0.2) is 11.5 Å². The Morgan fingerprint density at radius 3 is 2.79 bits per heavy atom. The van der Waals surface area contributed by atoms with E-state index in [1.54, 1.807) is 24.3 Å². The van der Waals surface area contributed by atoms with Crippen LogP contribution in [0.3, 0.4) is 0 Å². The van der Waals surface area contributed by atoms with Gasteiger partial charge >= 0.3 is 0 Å². The normalized spacial score (nSPS) is 16.1. The maximum atomic E-state index is 12.4. The second-order valence-corrected chi connectivity index (χ2v) is 6.68. The Morgan fingerprint density at radius 1 is 1.29 bits per heavy atom. The summed E-state index contributed by atoms with van der Waals surface area (Å²) in [7, 11) is 1.45. The summed E-state index contributed by atoms with van der Waals surface area (Å²) in [6.07, 6.45) is 0. The third-order valence-corrected chi connectivity index (χ3v) is 4.79. The van der Waals surface area contributed by atoms with Crippen molar-refractivity contribution in [2.45, 2.75) is 17.1 Å². The monoisotopic (exact) mass is 344 g/mol. The van der Waals surface area contributed by atoms with E-state index in [2.05, 4.69) is 10.6 Å². The molecule has 0 radical (unpaired) electrons. The van der Waals surface area contributed by atoms with E-state index in [1.807, 2.05) is 13.0 Å². The predicted molar refractivity (Wildman–Crippen MR) is 93.0 cm³/mol. The van der Waals surface area contributed by atoms with Crippen molar-refractivity contribution in [3.63, 3.8) is 0 Å². The quantitative estimate of drug-likeness (QED) is 0.796. The molecule has 2 aromatic carbocycles. The summed E-state index contributed by atoms with van der Waals surface area (Å²) in [6.45, 7) is 1.83. The lowest BCUT2D eigenvalue weighted by atomic mass is 10.1. The molecule has 0 saturated carbocycles. The Bertz CT molecular complexity index is 822. The van der Waals surface area contributed by atoms with Gasteiger partial charge < -0.3 is 20.5 Å². The molecule has 1 heterocycles. The van der Waals surface area contributed by atoms with Gasteiger partial charge in [-0.3, -0.25) is 9.59 Å². The van der Waals surface area contributed by atoms with E-state index in [-0.39, 0.29) is 22.8 Å². The lowest BCUT2D eigenvalue weighted by Gasteiger charge is -2.21. The molecule has 0 bridgehead atoms. The van der Waals surface area contributed by atoms with Gasteiger partial charge in [0.25, 0.3) is 5.91 Å². The zero-order valence-corrected chi connectivity index (χ0v) is 13.9. The first-order valence-electron chi connectivity index (χ1n) is 7.28. The van der Waals surface area contributed by atoms with Gasteiger partial charge in [0.1, 0.15) is 0 Å². The summed E-state index contributed by atoms with van der Waals surface area (Å²) in [4.78, 5) is 25.1. The zero-order chi connectivity index (χ0) is 17.3. The molecule has 0 spiro atoms. The number of hydrogen-bond donors (Lipinski definition) is 3. The van der Waals surface area contributed by atoms with Gasteiger partial charge in [0.2, 0.25) is 5.91 Å². The molecule has 1 atom stereocenters. The third kappa shape index (κ3) is 3.16. The Morgan fingerprint density at radius 2 is 2.08 bits per heavy atom. The Labute approximate surface area is 143 Å². The Kier molecular flexibility index (Phi) is 4.35. The number of thioether (sulfide) groups is 1. The second kappa shape index (κ2) is 6.45. The average molecular weight is 344 g/mol. The van der Waals surface area contributed by atoms with Gasteiger partial charge in [-0.1, -0.05) is 0 Å². The highest BCUT2D eigenvalue weighted by molar-refractivity contribution is 8.00. The van der Waals surface area contributed by atoms with Crippen LogP contribution in [0.2, 0.25) is 0 Å². The molecular weight excluding hydrogens is 328 g/mol. The molecule has 0 fully saturated rings. The summed E-state index contributed by atoms with van der Waals surface area (Å²) >= 11 is 1.46. The van der Waals surface area contributed by atoms with E-state index in [0.29, 0.717) is 22.7 Å². The highest BCUT2D eigenvalue weighted by Gasteiger charge is 2.23. The Hall–Kier alpha value is -2.67. The van der Waals surface area contributed by atoms with Crippen LogP contribution in [0.4, 0.5) is 11.4 Å². The van der Waals surface area contributed by atoms with Crippen LogP contribution < -0.4 is 15.4 Å². The van der Waals surface area contributed by atoms with Crippen LogP contribution in [-0.2, 0) is 4.79 Å². The van der Waals surface area contributed by atoms with E-state index in [4.69, 9.17) is 4.74 Å². The molecule has 24 heavy (non-hydrogen) atoms. The van der Waals surface area contributed by atoms with Gasteiger partial charge in [-0.25, -0.2) is 0 Å². The highest BCUT2D eigenvalue weighted by atomic mass is 32.2. The SMILES string of the molecule is COc1ccc(NC(=O)c2ccc3c(c2)NC(=O)[C@H](C)S3)cc1O. The second-order valence-electron chi connectivity index (χ2n) is 5.30. The molecule has 6 nitrogen and oxygen atoms in total. The Balaban J connectivity index is 1.80. The van der Waals surface area contributed by atoms with Gasteiger partial charge in [-0.2, -0.15) is 0 Å². The fourth-order valence-corrected chi connectivity index (χ4v) is 3.25. The largest absolute Gasteiger partial charge is 0.504 e. The van der Waals surface area contributed by atoms with Gasteiger partial charge in [-0.15, -0.1) is 11.8 Å². The number of benzene rings is 2. The molecule has 1 aliphatic rings. The highest BCUT2D eigenvalue weighted by Crippen LogP contribution is 2.36. The fraction of sp³-hybridized carbons (Fsp3) is 0.176.